The molecule has 3 aliphatic carbocycles. The number of hydrogen-bond acceptors (Lipinski definition) is 8. The summed E-state index contributed by atoms with van der Waals surface area (Å²) in [6.07, 6.45) is 4.12. The molecule has 8 heteroatoms. The van der Waals surface area contributed by atoms with Gasteiger partial charge in [0, 0.05) is 35.2 Å². The van der Waals surface area contributed by atoms with E-state index in [2.05, 4.69) is 6.92 Å². The van der Waals surface area contributed by atoms with E-state index in [-0.39, 0.29) is 30.5 Å². The molecule has 2 heterocycles. The van der Waals surface area contributed by atoms with Crippen LogP contribution in [0.3, 0.4) is 0 Å². The second kappa shape index (κ2) is 8.57. The lowest BCUT2D eigenvalue weighted by Gasteiger charge is -2.63. The number of carbonyl (C=O) groups excluding carboxylic acids is 4. The van der Waals surface area contributed by atoms with Gasteiger partial charge in [0.2, 0.25) is 0 Å². The number of fused-ring (bicyclic) bond motifs is 5. The summed E-state index contributed by atoms with van der Waals surface area (Å²) in [5, 5.41) is 0. The summed E-state index contributed by atoms with van der Waals surface area (Å²) in [7, 11) is 1.35. The first-order valence-electron chi connectivity index (χ1n) is 13.1. The Morgan fingerprint density at radius 3 is 2.51 bits per heavy atom. The van der Waals surface area contributed by atoms with E-state index >= 15 is 0 Å². The van der Waals surface area contributed by atoms with Crippen molar-refractivity contribution < 1.29 is 37.8 Å². The molecule has 8 nitrogen and oxygen atoms in total. The summed E-state index contributed by atoms with van der Waals surface area (Å²) in [5.41, 5.74) is 0.968. The maximum atomic E-state index is 14.2. The van der Waals surface area contributed by atoms with Gasteiger partial charge in [0.05, 0.1) is 32.0 Å². The van der Waals surface area contributed by atoms with Crippen LogP contribution in [0.2, 0.25) is 0 Å². The van der Waals surface area contributed by atoms with Gasteiger partial charge in [-0.15, -0.1) is 0 Å². The molecule has 2 saturated carbocycles. The van der Waals surface area contributed by atoms with Crippen LogP contribution in [0.15, 0.2) is 34.2 Å². The van der Waals surface area contributed by atoms with E-state index in [4.69, 9.17) is 18.6 Å². The molecule has 1 aromatic heterocycles. The van der Waals surface area contributed by atoms with Gasteiger partial charge in [0.15, 0.2) is 0 Å². The molecule has 3 fully saturated rings. The molecule has 1 aromatic rings. The maximum absolute atomic E-state index is 14.2. The number of allylic oxidation sites excluding steroid dienone is 1. The zero-order valence-corrected chi connectivity index (χ0v) is 22.4. The van der Waals surface area contributed by atoms with Crippen molar-refractivity contribution in [3.63, 3.8) is 0 Å². The number of ketones is 1. The summed E-state index contributed by atoms with van der Waals surface area (Å²) in [5.74, 6) is -2.20. The number of carbonyl (C=O) groups is 4. The zero-order chi connectivity index (χ0) is 26.9. The molecule has 200 valence electrons. The minimum atomic E-state index is -0.868. The zero-order valence-electron chi connectivity index (χ0n) is 22.4. The van der Waals surface area contributed by atoms with Crippen LogP contribution in [0.1, 0.15) is 78.4 Å². The third-order valence-electron chi connectivity index (χ3n) is 10.1. The van der Waals surface area contributed by atoms with Crippen molar-refractivity contribution in [2.45, 2.75) is 78.9 Å². The third-order valence-corrected chi connectivity index (χ3v) is 10.1. The Morgan fingerprint density at radius 2 is 1.89 bits per heavy atom. The molecule has 0 spiro atoms. The van der Waals surface area contributed by atoms with Gasteiger partial charge in [0.25, 0.3) is 0 Å². The van der Waals surface area contributed by atoms with Crippen molar-refractivity contribution in [3.8, 4) is 0 Å². The number of rotatable bonds is 4. The van der Waals surface area contributed by atoms with Crippen LogP contribution < -0.4 is 0 Å². The number of esters is 3. The van der Waals surface area contributed by atoms with E-state index in [9.17, 15) is 19.2 Å². The first-order valence-corrected chi connectivity index (χ1v) is 13.1. The Hall–Kier alpha value is -2.90. The van der Waals surface area contributed by atoms with Gasteiger partial charge < -0.3 is 18.6 Å². The summed E-state index contributed by atoms with van der Waals surface area (Å²) >= 11 is 0. The van der Waals surface area contributed by atoms with Gasteiger partial charge in [-0.3, -0.25) is 19.2 Å². The lowest BCUT2D eigenvalue weighted by Crippen LogP contribution is -2.66. The van der Waals surface area contributed by atoms with Crippen molar-refractivity contribution in [2.75, 3.05) is 7.11 Å². The van der Waals surface area contributed by atoms with E-state index < -0.39 is 52.2 Å². The Balaban J connectivity index is 1.69. The third kappa shape index (κ3) is 3.62. The molecule has 1 unspecified atom stereocenters. The fourth-order valence-electron chi connectivity index (χ4n) is 8.37. The SMILES string of the molecule is COC(=O)C[C@@H]1C(C)(C)[C@@H](OC(C)=O)[C@@H]2CC3=C4CC(=O)O[C@@H](c5ccoc5)[C@]4(C)CCC3[C@@]1(C)C2=O. The predicted octanol–water partition coefficient (Wildman–Crippen LogP) is 4.73. The lowest BCUT2D eigenvalue weighted by molar-refractivity contribution is -0.197. The smallest absolute Gasteiger partial charge is 0.310 e. The van der Waals surface area contributed by atoms with E-state index in [0.29, 0.717) is 6.42 Å². The average molecular weight is 513 g/mol. The summed E-state index contributed by atoms with van der Waals surface area (Å²) in [6.45, 7) is 9.43. The topological polar surface area (TPSA) is 109 Å². The highest BCUT2D eigenvalue weighted by atomic mass is 16.6. The maximum Gasteiger partial charge on any atom is 0.310 e. The Labute approximate surface area is 217 Å². The standard InChI is InChI=1S/C29H36O8/c1-15(30)36-26-18-11-17-19(29(5,24(18)33)21(27(26,2)3)13-22(31)34-6)7-9-28(4)20(17)12-23(32)37-25(28)16-8-10-35-14-16/h8,10,14,18-19,21,25-26H,7,9,11-13H2,1-6H3/t18-,19?,21-,25+,26+,28-,29-/m1/s1. The molecule has 1 aliphatic heterocycles. The molecule has 2 bridgehead atoms. The molecule has 0 amide bonds. The quantitative estimate of drug-likeness (QED) is 0.324. The van der Waals surface area contributed by atoms with Crippen LogP contribution in [0.4, 0.5) is 0 Å². The monoisotopic (exact) mass is 512 g/mol. The molecular weight excluding hydrogens is 476 g/mol. The normalized spacial score (nSPS) is 38.3. The predicted molar refractivity (Wildman–Crippen MR) is 131 cm³/mol. The van der Waals surface area contributed by atoms with Crippen LogP contribution in [-0.4, -0.2) is 36.9 Å². The van der Waals surface area contributed by atoms with E-state index in [1.165, 1.54) is 14.0 Å². The summed E-state index contributed by atoms with van der Waals surface area (Å²) in [4.78, 5) is 52.0. The van der Waals surface area contributed by atoms with Crippen molar-refractivity contribution >= 4 is 23.7 Å². The molecule has 0 aromatic carbocycles. The van der Waals surface area contributed by atoms with Crippen LogP contribution >= 0.6 is 0 Å². The fourth-order valence-corrected chi connectivity index (χ4v) is 8.37. The lowest BCUT2D eigenvalue weighted by atomic mass is 9.40. The molecule has 0 radical (unpaired) electrons. The number of furan rings is 1. The van der Waals surface area contributed by atoms with Crippen molar-refractivity contribution in [2.24, 2.45) is 34.0 Å². The Bertz CT molecular complexity index is 1180. The van der Waals surface area contributed by atoms with Gasteiger partial charge in [-0.05, 0) is 42.7 Å². The molecule has 0 N–H and O–H groups in total. The van der Waals surface area contributed by atoms with Gasteiger partial charge in [0.1, 0.15) is 18.0 Å². The molecule has 7 atom stereocenters. The van der Waals surface area contributed by atoms with Crippen LogP contribution in [0, 0.1) is 34.0 Å². The number of Topliss-reactive ketones (excluding diaryl/α,β-unsaturated/α-hetero) is 1. The fraction of sp³-hybridized carbons (Fsp3) is 0.655. The number of hydrogen-bond donors (Lipinski definition) is 0. The number of ether oxygens (including phenoxy) is 3. The summed E-state index contributed by atoms with van der Waals surface area (Å²) < 4.78 is 22.1. The minimum Gasteiger partial charge on any atom is -0.472 e. The van der Waals surface area contributed by atoms with E-state index in [1.807, 2.05) is 26.8 Å². The summed E-state index contributed by atoms with van der Waals surface area (Å²) in [6, 6.07) is 1.83. The van der Waals surface area contributed by atoms with Crippen LogP contribution in [0.5, 0.6) is 0 Å². The minimum absolute atomic E-state index is 0.0368. The van der Waals surface area contributed by atoms with Gasteiger partial charge >= 0.3 is 17.9 Å². The van der Waals surface area contributed by atoms with Gasteiger partial charge in [-0.2, -0.15) is 0 Å². The first-order chi connectivity index (χ1) is 17.4. The largest absolute Gasteiger partial charge is 0.472 e. The molecule has 4 aliphatic rings. The number of cyclic esters (lactones) is 1. The van der Waals surface area contributed by atoms with Crippen molar-refractivity contribution in [1.82, 2.24) is 0 Å². The second-order valence-electron chi connectivity index (χ2n) is 12.3. The van der Waals surface area contributed by atoms with Crippen LogP contribution in [-0.2, 0) is 33.4 Å². The van der Waals surface area contributed by atoms with Crippen LogP contribution in [0.25, 0.3) is 0 Å². The van der Waals surface area contributed by atoms with Crippen molar-refractivity contribution in [3.05, 3.63) is 35.3 Å². The first kappa shape index (κ1) is 25.7. The van der Waals surface area contributed by atoms with E-state index in [1.54, 1.807) is 12.5 Å². The van der Waals surface area contributed by atoms with Crippen molar-refractivity contribution in [1.29, 1.82) is 0 Å². The Morgan fingerprint density at radius 1 is 1.16 bits per heavy atom. The number of methoxy groups -OCH3 is 1. The van der Waals surface area contributed by atoms with E-state index in [0.717, 1.165) is 29.6 Å². The Kier molecular flexibility index (Phi) is 5.96. The van der Waals surface area contributed by atoms with Gasteiger partial charge in [-0.25, -0.2) is 0 Å². The molecule has 37 heavy (non-hydrogen) atoms. The highest BCUT2D eigenvalue weighted by Gasteiger charge is 2.68. The molecule has 5 rings (SSSR count). The highest BCUT2D eigenvalue weighted by molar-refractivity contribution is 5.92. The second-order valence-corrected chi connectivity index (χ2v) is 12.3. The highest BCUT2D eigenvalue weighted by Crippen LogP contribution is 2.68. The molecule has 1 saturated heterocycles. The molecular formula is C29H36O8. The average Bonchev–Trinajstić information content (AvgIpc) is 3.36. The van der Waals surface area contributed by atoms with Gasteiger partial charge in [-0.1, -0.05) is 33.3 Å².